The summed E-state index contributed by atoms with van der Waals surface area (Å²) in [6.45, 7) is 1.40. The third-order valence-electron chi connectivity index (χ3n) is 2.70. The Hall–Kier alpha value is -1.74. The van der Waals surface area contributed by atoms with Crippen molar-refractivity contribution in [3.8, 4) is 0 Å². The van der Waals surface area contributed by atoms with Crippen molar-refractivity contribution in [1.82, 2.24) is 5.32 Å². The summed E-state index contributed by atoms with van der Waals surface area (Å²) in [5.74, 6) is -2.88. The molecule has 9 heteroatoms. The van der Waals surface area contributed by atoms with Gasteiger partial charge in [-0.25, -0.2) is 17.2 Å². The van der Waals surface area contributed by atoms with Crippen LogP contribution in [0.3, 0.4) is 0 Å². The van der Waals surface area contributed by atoms with Gasteiger partial charge in [-0.2, -0.15) is 0 Å². The molecule has 6 nitrogen and oxygen atoms in total. The number of sulfonamides is 1. The number of nitrogens with one attached hydrogen (secondary N) is 1. The molecule has 0 heterocycles. The molecule has 22 heavy (non-hydrogen) atoms. The van der Waals surface area contributed by atoms with Crippen molar-refractivity contribution in [3.63, 3.8) is 0 Å². The van der Waals surface area contributed by atoms with Crippen LogP contribution in [0.5, 0.6) is 0 Å². The van der Waals surface area contributed by atoms with E-state index < -0.39 is 34.1 Å². The Balaban J connectivity index is 2.95. The molecule has 0 fully saturated rings. The summed E-state index contributed by atoms with van der Waals surface area (Å²) in [4.78, 5) is 11.9. The van der Waals surface area contributed by atoms with Crippen LogP contribution in [-0.4, -0.2) is 46.9 Å². The summed E-state index contributed by atoms with van der Waals surface area (Å²) >= 11 is 0. The highest BCUT2D eigenvalue weighted by Crippen LogP contribution is 2.20. The maximum absolute atomic E-state index is 13.3. The highest BCUT2D eigenvalue weighted by atomic mass is 32.2. The first-order valence-corrected chi connectivity index (χ1v) is 8.21. The van der Waals surface area contributed by atoms with Crippen LogP contribution in [0.15, 0.2) is 18.2 Å². The van der Waals surface area contributed by atoms with Crippen LogP contribution < -0.4 is 9.62 Å². The summed E-state index contributed by atoms with van der Waals surface area (Å²) in [7, 11) is -2.37. The molecule has 0 unspecified atom stereocenters. The van der Waals surface area contributed by atoms with Crippen molar-refractivity contribution >= 4 is 21.6 Å². The molecule has 124 valence electrons. The van der Waals surface area contributed by atoms with Crippen molar-refractivity contribution in [1.29, 1.82) is 0 Å². The Morgan fingerprint density at radius 2 is 2.00 bits per heavy atom. The number of anilines is 1. The second-order valence-corrected chi connectivity index (χ2v) is 6.70. The average Bonchev–Trinajstić information content (AvgIpc) is 2.38. The first kappa shape index (κ1) is 18.3. The standard InChI is InChI=1S/C13H18F2N2O4S/c1-9(8-21-2)16-13(18)7-17(22(3,19)20)10-4-5-11(14)12(15)6-10/h4-6,9H,7-8H2,1-3H3,(H,16,18)/t9-/m1/s1. The molecular weight excluding hydrogens is 318 g/mol. The van der Waals surface area contributed by atoms with Crippen LogP contribution in [0.25, 0.3) is 0 Å². The number of carbonyl (C=O) groups excluding carboxylic acids is 1. The molecule has 1 atom stereocenters. The number of carbonyl (C=O) groups is 1. The summed E-state index contributed by atoms with van der Waals surface area (Å²) < 4.78 is 55.3. The van der Waals surface area contributed by atoms with E-state index in [1.165, 1.54) is 7.11 Å². The molecule has 0 saturated heterocycles. The number of amides is 1. The van der Waals surface area contributed by atoms with Crippen LogP contribution in [-0.2, 0) is 19.6 Å². The Kier molecular flexibility index (Phi) is 6.24. The molecule has 0 saturated carbocycles. The Morgan fingerprint density at radius 1 is 1.36 bits per heavy atom. The molecule has 1 aromatic rings. The number of hydrogen-bond donors (Lipinski definition) is 1. The predicted octanol–water partition coefficient (Wildman–Crippen LogP) is 0.882. The second-order valence-electron chi connectivity index (χ2n) is 4.79. The fourth-order valence-corrected chi connectivity index (χ4v) is 2.63. The topological polar surface area (TPSA) is 75.7 Å². The Bertz CT molecular complexity index is 637. The highest BCUT2D eigenvalue weighted by molar-refractivity contribution is 7.92. The lowest BCUT2D eigenvalue weighted by Gasteiger charge is -2.23. The van der Waals surface area contributed by atoms with Gasteiger partial charge in [0.25, 0.3) is 0 Å². The normalized spacial score (nSPS) is 12.8. The summed E-state index contributed by atoms with van der Waals surface area (Å²) in [5, 5.41) is 2.54. The van der Waals surface area contributed by atoms with Crippen LogP contribution in [0.1, 0.15) is 6.92 Å². The van der Waals surface area contributed by atoms with E-state index in [1.807, 2.05) is 0 Å². The van der Waals surface area contributed by atoms with Crippen molar-refractivity contribution in [2.24, 2.45) is 0 Å². The van der Waals surface area contributed by atoms with Crippen LogP contribution >= 0.6 is 0 Å². The molecule has 0 radical (unpaired) electrons. The number of nitrogens with zero attached hydrogens (tertiary/aromatic N) is 1. The number of halogens is 2. The zero-order chi connectivity index (χ0) is 16.9. The number of rotatable bonds is 7. The SMILES string of the molecule is COC[C@@H](C)NC(=O)CN(c1ccc(F)c(F)c1)S(C)(=O)=O. The molecule has 0 aliphatic rings. The van der Waals surface area contributed by atoms with Crippen LogP contribution in [0.4, 0.5) is 14.5 Å². The minimum absolute atomic E-state index is 0.129. The quantitative estimate of drug-likeness (QED) is 0.802. The van der Waals surface area contributed by atoms with Gasteiger partial charge < -0.3 is 10.1 Å². The smallest absolute Gasteiger partial charge is 0.241 e. The molecule has 1 N–H and O–H groups in total. The molecule has 1 aromatic carbocycles. The largest absolute Gasteiger partial charge is 0.383 e. The first-order chi connectivity index (χ1) is 10.1. The average molecular weight is 336 g/mol. The van der Waals surface area contributed by atoms with Crippen molar-refractivity contribution < 1.29 is 26.7 Å². The molecule has 1 amide bonds. The van der Waals surface area contributed by atoms with Gasteiger partial charge in [-0.3, -0.25) is 9.10 Å². The van der Waals surface area contributed by atoms with Gasteiger partial charge >= 0.3 is 0 Å². The zero-order valence-electron chi connectivity index (χ0n) is 12.5. The molecule has 0 aliphatic heterocycles. The van der Waals surface area contributed by atoms with Gasteiger partial charge in [0.2, 0.25) is 15.9 Å². The van der Waals surface area contributed by atoms with Gasteiger partial charge in [-0.1, -0.05) is 0 Å². The Morgan fingerprint density at radius 3 is 2.50 bits per heavy atom. The number of benzene rings is 1. The number of methoxy groups -OCH3 is 1. The van der Waals surface area contributed by atoms with Gasteiger partial charge in [0, 0.05) is 19.2 Å². The zero-order valence-corrected chi connectivity index (χ0v) is 13.3. The molecule has 0 bridgehead atoms. The van der Waals surface area contributed by atoms with Gasteiger partial charge in [0.05, 0.1) is 18.6 Å². The van der Waals surface area contributed by atoms with Crippen LogP contribution in [0.2, 0.25) is 0 Å². The van der Waals surface area contributed by atoms with E-state index >= 15 is 0 Å². The number of hydrogen-bond acceptors (Lipinski definition) is 4. The lowest BCUT2D eigenvalue weighted by molar-refractivity contribution is -0.120. The molecular formula is C13H18F2N2O4S. The van der Waals surface area contributed by atoms with Crippen molar-refractivity contribution in [2.75, 3.05) is 30.8 Å². The highest BCUT2D eigenvalue weighted by Gasteiger charge is 2.22. The maximum Gasteiger partial charge on any atom is 0.241 e. The van der Waals surface area contributed by atoms with E-state index in [9.17, 15) is 22.0 Å². The molecule has 0 spiro atoms. The Labute approximate surface area is 128 Å². The van der Waals surface area contributed by atoms with Crippen molar-refractivity contribution in [2.45, 2.75) is 13.0 Å². The van der Waals surface area contributed by atoms with E-state index in [-0.39, 0.29) is 18.3 Å². The third kappa shape index (κ3) is 5.23. The van der Waals surface area contributed by atoms with E-state index in [2.05, 4.69) is 5.32 Å². The minimum atomic E-state index is -3.84. The van der Waals surface area contributed by atoms with Gasteiger partial charge in [-0.05, 0) is 19.1 Å². The van der Waals surface area contributed by atoms with Crippen LogP contribution in [0, 0.1) is 11.6 Å². The molecule has 0 aromatic heterocycles. The van der Waals surface area contributed by atoms with Gasteiger partial charge in [-0.15, -0.1) is 0 Å². The summed E-state index contributed by atoms with van der Waals surface area (Å²) in [6.07, 6.45) is 0.875. The molecule has 1 rings (SSSR count). The minimum Gasteiger partial charge on any atom is -0.383 e. The second kappa shape index (κ2) is 7.50. The van der Waals surface area contributed by atoms with Gasteiger partial charge in [0.15, 0.2) is 11.6 Å². The maximum atomic E-state index is 13.3. The lowest BCUT2D eigenvalue weighted by Crippen LogP contribution is -2.44. The number of ether oxygens (including phenoxy) is 1. The molecule has 0 aliphatic carbocycles. The van der Waals surface area contributed by atoms with E-state index in [0.29, 0.717) is 4.31 Å². The van der Waals surface area contributed by atoms with Gasteiger partial charge in [0.1, 0.15) is 6.54 Å². The fourth-order valence-electron chi connectivity index (χ4n) is 1.78. The van der Waals surface area contributed by atoms with E-state index in [0.717, 1.165) is 24.5 Å². The van der Waals surface area contributed by atoms with Crippen molar-refractivity contribution in [3.05, 3.63) is 29.8 Å². The van der Waals surface area contributed by atoms with E-state index in [1.54, 1.807) is 6.92 Å². The fraction of sp³-hybridized carbons (Fsp3) is 0.462. The predicted molar refractivity (Wildman–Crippen MR) is 78.0 cm³/mol. The third-order valence-corrected chi connectivity index (χ3v) is 3.84. The lowest BCUT2D eigenvalue weighted by atomic mass is 10.3. The summed E-state index contributed by atoms with van der Waals surface area (Å²) in [6, 6.07) is 2.30. The monoisotopic (exact) mass is 336 g/mol. The summed E-state index contributed by atoms with van der Waals surface area (Å²) in [5.41, 5.74) is -0.129. The van der Waals surface area contributed by atoms with E-state index in [4.69, 9.17) is 4.74 Å². The first-order valence-electron chi connectivity index (χ1n) is 6.36.